The quantitative estimate of drug-likeness (QED) is 0.586. The van der Waals surface area contributed by atoms with Crippen molar-refractivity contribution in [2.45, 2.75) is 39.7 Å². The third-order valence-corrected chi connectivity index (χ3v) is 5.04. The molecule has 6 heteroatoms. The molecule has 2 rings (SSSR count). The first kappa shape index (κ1) is 19.2. The second-order valence-corrected chi connectivity index (χ2v) is 7.14. The minimum absolute atomic E-state index is 0.491. The Morgan fingerprint density at radius 3 is 2.76 bits per heavy atom. The first-order valence-corrected chi connectivity index (χ1v) is 9.43. The fourth-order valence-corrected chi connectivity index (χ4v) is 3.28. The van der Waals surface area contributed by atoms with E-state index in [1.807, 2.05) is 6.07 Å². The highest BCUT2D eigenvalue weighted by atomic mass is 32.1. The Morgan fingerprint density at radius 2 is 2.12 bits per heavy atom. The van der Waals surface area contributed by atoms with Gasteiger partial charge >= 0.3 is 0 Å². The highest BCUT2D eigenvalue weighted by Crippen LogP contribution is 2.20. The van der Waals surface area contributed by atoms with Crippen LogP contribution >= 0.6 is 11.3 Å². The van der Waals surface area contributed by atoms with Gasteiger partial charge in [0.25, 0.3) is 0 Å². The molecule has 0 fully saturated rings. The summed E-state index contributed by atoms with van der Waals surface area (Å²) in [5, 5.41) is 10.0. The zero-order valence-corrected chi connectivity index (χ0v) is 16.5. The van der Waals surface area contributed by atoms with Crippen LogP contribution in [-0.4, -0.2) is 31.6 Å². The summed E-state index contributed by atoms with van der Waals surface area (Å²) in [6.45, 7) is 7.87. The number of nitrogens with zero attached hydrogens (tertiary/aromatic N) is 2. The highest BCUT2D eigenvalue weighted by molar-refractivity contribution is 7.09. The van der Waals surface area contributed by atoms with Gasteiger partial charge in [-0.25, -0.2) is 4.98 Å². The molecule has 5 nitrogen and oxygen atoms in total. The maximum Gasteiger partial charge on any atom is 0.191 e. The number of benzene rings is 1. The maximum absolute atomic E-state index is 5.45. The van der Waals surface area contributed by atoms with Crippen LogP contribution in [0.1, 0.15) is 41.6 Å². The number of hydrogen-bond donors (Lipinski definition) is 2. The Balaban J connectivity index is 1.82. The molecule has 25 heavy (non-hydrogen) atoms. The summed E-state index contributed by atoms with van der Waals surface area (Å²) >= 11 is 1.74. The Morgan fingerprint density at radius 1 is 1.32 bits per heavy atom. The molecule has 0 atom stereocenters. The molecule has 0 spiro atoms. The minimum atomic E-state index is 0.491. The molecule has 0 aliphatic carbocycles. The zero-order valence-electron chi connectivity index (χ0n) is 15.7. The van der Waals surface area contributed by atoms with E-state index >= 15 is 0 Å². The zero-order chi connectivity index (χ0) is 18.2. The van der Waals surface area contributed by atoms with Crippen molar-refractivity contribution in [3.63, 3.8) is 0 Å². The lowest BCUT2D eigenvalue weighted by molar-refractivity contribution is 0.408. The van der Waals surface area contributed by atoms with Gasteiger partial charge in [0.05, 0.1) is 17.8 Å². The molecule has 1 aromatic carbocycles. The van der Waals surface area contributed by atoms with Crippen molar-refractivity contribution in [1.29, 1.82) is 0 Å². The summed E-state index contributed by atoms with van der Waals surface area (Å²) in [6, 6.07) is 6.21. The standard InChI is InChI=1S/C19H28N4OS/c1-13(2)18-23-16(12-25-18)8-9-21-19(20-4)22-11-15-7-6-14(3)10-17(15)24-5/h6-7,10,12-13H,8-9,11H2,1-5H3,(H2,20,21,22). The van der Waals surface area contributed by atoms with Crippen LogP contribution in [0.4, 0.5) is 0 Å². The van der Waals surface area contributed by atoms with Gasteiger partial charge in [0, 0.05) is 43.4 Å². The van der Waals surface area contributed by atoms with E-state index in [2.05, 4.69) is 58.9 Å². The molecular formula is C19H28N4OS. The highest BCUT2D eigenvalue weighted by Gasteiger charge is 2.07. The smallest absolute Gasteiger partial charge is 0.191 e. The average molecular weight is 361 g/mol. The van der Waals surface area contributed by atoms with Crippen LogP contribution in [0.3, 0.4) is 0 Å². The molecule has 2 N–H and O–H groups in total. The molecule has 0 saturated heterocycles. The van der Waals surface area contributed by atoms with Gasteiger partial charge < -0.3 is 15.4 Å². The van der Waals surface area contributed by atoms with Gasteiger partial charge in [-0.3, -0.25) is 4.99 Å². The van der Waals surface area contributed by atoms with Crippen LogP contribution in [0.25, 0.3) is 0 Å². The molecule has 0 radical (unpaired) electrons. The minimum Gasteiger partial charge on any atom is -0.496 e. The van der Waals surface area contributed by atoms with Crippen molar-refractivity contribution in [1.82, 2.24) is 15.6 Å². The molecule has 0 amide bonds. The van der Waals surface area contributed by atoms with Crippen LogP contribution in [0.2, 0.25) is 0 Å². The topological polar surface area (TPSA) is 58.5 Å². The van der Waals surface area contributed by atoms with Crippen molar-refractivity contribution < 1.29 is 4.74 Å². The lowest BCUT2D eigenvalue weighted by Gasteiger charge is -2.14. The summed E-state index contributed by atoms with van der Waals surface area (Å²) in [6.07, 6.45) is 0.887. The van der Waals surface area contributed by atoms with Crippen molar-refractivity contribution in [3.05, 3.63) is 45.4 Å². The van der Waals surface area contributed by atoms with Crippen LogP contribution in [0.15, 0.2) is 28.6 Å². The van der Waals surface area contributed by atoms with E-state index in [9.17, 15) is 0 Å². The van der Waals surface area contributed by atoms with Gasteiger partial charge in [0.2, 0.25) is 0 Å². The molecule has 1 aromatic heterocycles. The van der Waals surface area contributed by atoms with Crippen molar-refractivity contribution in [2.75, 3.05) is 20.7 Å². The van der Waals surface area contributed by atoms with Crippen LogP contribution in [-0.2, 0) is 13.0 Å². The van der Waals surface area contributed by atoms with E-state index in [0.29, 0.717) is 12.5 Å². The molecule has 136 valence electrons. The Hall–Kier alpha value is -2.08. The summed E-state index contributed by atoms with van der Waals surface area (Å²) in [5.74, 6) is 2.17. The number of thiazole rings is 1. The van der Waals surface area contributed by atoms with Gasteiger partial charge in [-0.2, -0.15) is 0 Å². The van der Waals surface area contributed by atoms with E-state index < -0.39 is 0 Å². The average Bonchev–Trinajstić information content (AvgIpc) is 3.07. The number of nitrogens with one attached hydrogen (secondary N) is 2. The summed E-state index contributed by atoms with van der Waals surface area (Å²) < 4.78 is 5.45. The molecule has 1 heterocycles. The Labute approximate surface area is 154 Å². The number of aromatic nitrogens is 1. The summed E-state index contributed by atoms with van der Waals surface area (Å²) in [4.78, 5) is 8.94. The van der Waals surface area contributed by atoms with E-state index in [4.69, 9.17) is 4.74 Å². The monoisotopic (exact) mass is 360 g/mol. The van der Waals surface area contributed by atoms with Crippen LogP contribution in [0.5, 0.6) is 5.75 Å². The molecule has 0 bridgehead atoms. The van der Waals surface area contributed by atoms with Crippen LogP contribution in [0, 0.1) is 6.92 Å². The number of aliphatic imine (C=N–C) groups is 1. The molecule has 0 saturated carbocycles. The van der Waals surface area contributed by atoms with E-state index in [1.165, 1.54) is 10.6 Å². The van der Waals surface area contributed by atoms with Gasteiger partial charge in [-0.15, -0.1) is 11.3 Å². The van der Waals surface area contributed by atoms with Crippen molar-refractivity contribution >= 4 is 17.3 Å². The number of methoxy groups -OCH3 is 1. The summed E-state index contributed by atoms with van der Waals surface area (Å²) in [7, 11) is 3.48. The van der Waals surface area contributed by atoms with Gasteiger partial charge in [-0.1, -0.05) is 26.0 Å². The van der Waals surface area contributed by atoms with Gasteiger partial charge in [-0.05, 0) is 18.6 Å². The molecule has 2 aromatic rings. The number of ether oxygens (including phenoxy) is 1. The third-order valence-electron chi connectivity index (χ3n) is 3.85. The number of aryl methyl sites for hydroxylation is 1. The first-order chi connectivity index (χ1) is 12.0. The van der Waals surface area contributed by atoms with Crippen LogP contribution < -0.4 is 15.4 Å². The lowest BCUT2D eigenvalue weighted by Crippen LogP contribution is -2.37. The van der Waals surface area contributed by atoms with Crippen molar-refractivity contribution in [2.24, 2.45) is 4.99 Å². The number of rotatable bonds is 7. The third kappa shape index (κ3) is 5.74. The van der Waals surface area contributed by atoms with E-state index in [-0.39, 0.29) is 0 Å². The number of hydrogen-bond acceptors (Lipinski definition) is 4. The Bertz CT molecular complexity index is 709. The Kier molecular flexibility index (Phi) is 7.25. The molecule has 0 unspecified atom stereocenters. The summed E-state index contributed by atoms with van der Waals surface area (Å²) in [5.41, 5.74) is 3.43. The second kappa shape index (κ2) is 9.42. The maximum atomic E-state index is 5.45. The molecule has 0 aliphatic heterocycles. The van der Waals surface area contributed by atoms with Gasteiger partial charge in [0.1, 0.15) is 5.75 Å². The van der Waals surface area contributed by atoms with E-state index in [0.717, 1.165) is 35.9 Å². The SMILES string of the molecule is CN=C(NCCc1csc(C(C)C)n1)NCc1ccc(C)cc1OC. The second-order valence-electron chi connectivity index (χ2n) is 6.25. The first-order valence-electron chi connectivity index (χ1n) is 8.55. The van der Waals surface area contributed by atoms with Gasteiger partial charge in [0.15, 0.2) is 5.96 Å². The van der Waals surface area contributed by atoms with Crippen molar-refractivity contribution in [3.8, 4) is 5.75 Å². The lowest BCUT2D eigenvalue weighted by atomic mass is 10.1. The molecular weight excluding hydrogens is 332 g/mol. The normalized spacial score (nSPS) is 11.7. The predicted octanol–water partition coefficient (Wildman–Crippen LogP) is 3.49. The fraction of sp³-hybridized carbons (Fsp3) is 0.474. The fourth-order valence-electron chi connectivity index (χ4n) is 2.41. The largest absolute Gasteiger partial charge is 0.496 e. The van der Waals surface area contributed by atoms with E-state index in [1.54, 1.807) is 25.5 Å². The molecule has 0 aliphatic rings. The predicted molar refractivity (Wildman–Crippen MR) is 106 cm³/mol. The number of guanidine groups is 1.